The van der Waals surface area contributed by atoms with E-state index in [0.29, 0.717) is 12.3 Å². The number of carbonyl (C=O) groups is 1. The van der Waals surface area contributed by atoms with Crippen molar-refractivity contribution < 1.29 is 4.79 Å². The van der Waals surface area contributed by atoms with Crippen LogP contribution in [0.15, 0.2) is 54.7 Å². The summed E-state index contributed by atoms with van der Waals surface area (Å²) in [6.07, 6.45) is 7.43. The van der Waals surface area contributed by atoms with Crippen LogP contribution < -0.4 is 10.6 Å². The van der Waals surface area contributed by atoms with Crippen LogP contribution in [-0.2, 0) is 17.6 Å². The molecule has 1 saturated heterocycles. The fourth-order valence-electron chi connectivity index (χ4n) is 4.80. The highest BCUT2D eigenvalue weighted by Gasteiger charge is 2.27. The van der Waals surface area contributed by atoms with Crippen molar-refractivity contribution in [1.82, 2.24) is 4.90 Å². The number of benzene rings is 2. The molecule has 0 aliphatic carbocycles. The van der Waals surface area contributed by atoms with Gasteiger partial charge in [-0.2, -0.15) is 0 Å². The number of amides is 1. The topological polar surface area (TPSA) is 73.4 Å². The predicted molar refractivity (Wildman–Crippen MR) is 127 cm³/mol. The highest BCUT2D eigenvalue weighted by atomic mass is 16.2. The van der Waals surface area contributed by atoms with Gasteiger partial charge in [-0.05, 0) is 60.4 Å². The molecule has 2 aliphatic rings. The molecule has 0 spiro atoms. The Kier molecular flexibility index (Phi) is 6.70. The maximum atomic E-state index is 12.6. The molecule has 1 amide bonds. The minimum Gasteiger partial charge on any atom is -0.404 e. The van der Waals surface area contributed by atoms with Gasteiger partial charge in [0, 0.05) is 56.3 Å². The zero-order chi connectivity index (χ0) is 21.6. The van der Waals surface area contributed by atoms with Gasteiger partial charge >= 0.3 is 0 Å². The van der Waals surface area contributed by atoms with Crippen molar-refractivity contribution in [2.24, 2.45) is 11.7 Å². The lowest BCUT2D eigenvalue weighted by Gasteiger charge is -2.34. The van der Waals surface area contributed by atoms with Gasteiger partial charge in [0.15, 0.2) is 0 Å². The van der Waals surface area contributed by atoms with Crippen molar-refractivity contribution in [2.45, 2.75) is 32.1 Å². The van der Waals surface area contributed by atoms with Gasteiger partial charge in [0.25, 0.3) is 0 Å². The van der Waals surface area contributed by atoms with Gasteiger partial charge in [0.1, 0.15) is 0 Å². The number of fused-ring (bicyclic) bond motifs is 1. The van der Waals surface area contributed by atoms with Gasteiger partial charge in [-0.25, -0.2) is 0 Å². The normalized spacial score (nSPS) is 17.0. The molecule has 0 bridgehead atoms. The van der Waals surface area contributed by atoms with Crippen LogP contribution >= 0.6 is 0 Å². The fraction of sp³-hybridized carbons (Fsp3) is 0.385. The standard InChI is InChI=1S/C26H32N4O/c27-17-24(18-28)22-7-8-25-23(16-22)12-15-30(25)19-21-10-13-29(14-11-21)26(31)9-6-20-4-2-1-3-5-20/h1-5,7-8,16-18,21,27H,6,9-15,19,28H2/b24-18+,27-17?. The summed E-state index contributed by atoms with van der Waals surface area (Å²) in [5.41, 5.74) is 11.3. The first-order chi connectivity index (χ1) is 15.2. The zero-order valence-electron chi connectivity index (χ0n) is 18.1. The Balaban J connectivity index is 1.27. The number of likely N-dealkylation sites (tertiary alicyclic amines) is 1. The summed E-state index contributed by atoms with van der Waals surface area (Å²) < 4.78 is 0. The van der Waals surface area contributed by atoms with E-state index in [-0.39, 0.29) is 5.91 Å². The lowest BCUT2D eigenvalue weighted by atomic mass is 9.95. The van der Waals surface area contributed by atoms with Crippen molar-refractivity contribution in [3.05, 3.63) is 71.4 Å². The lowest BCUT2D eigenvalue weighted by Crippen LogP contribution is -2.41. The van der Waals surface area contributed by atoms with E-state index in [9.17, 15) is 4.79 Å². The van der Waals surface area contributed by atoms with Gasteiger partial charge in [-0.15, -0.1) is 0 Å². The van der Waals surface area contributed by atoms with Crippen LogP contribution in [0.2, 0.25) is 0 Å². The van der Waals surface area contributed by atoms with Crippen LogP contribution in [0.1, 0.15) is 36.0 Å². The van der Waals surface area contributed by atoms with Crippen molar-refractivity contribution in [3.63, 3.8) is 0 Å². The molecular weight excluding hydrogens is 384 g/mol. The number of nitrogens with one attached hydrogen (secondary N) is 1. The minimum absolute atomic E-state index is 0.288. The SMILES string of the molecule is N=C/C(=C\N)c1ccc2c(c1)CCN2CC1CCN(C(=O)CCc2ccccc2)CC1. The summed E-state index contributed by atoms with van der Waals surface area (Å²) in [7, 11) is 0. The maximum absolute atomic E-state index is 12.6. The van der Waals surface area contributed by atoms with Crippen LogP contribution in [0.3, 0.4) is 0 Å². The third-order valence-corrected chi connectivity index (χ3v) is 6.66. The number of allylic oxidation sites excluding steroid dienone is 1. The van der Waals surface area contributed by atoms with Crippen LogP contribution in [0.5, 0.6) is 0 Å². The Morgan fingerprint density at radius 2 is 1.87 bits per heavy atom. The first-order valence-electron chi connectivity index (χ1n) is 11.3. The quantitative estimate of drug-likeness (QED) is 0.673. The first-order valence-corrected chi connectivity index (χ1v) is 11.3. The largest absolute Gasteiger partial charge is 0.404 e. The maximum Gasteiger partial charge on any atom is 0.222 e. The number of hydrogen-bond donors (Lipinski definition) is 2. The average molecular weight is 417 g/mol. The molecule has 1 fully saturated rings. The lowest BCUT2D eigenvalue weighted by molar-refractivity contribution is -0.132. The fourth-order valence-corrected chi connectivity index (χ4v) is 4.80. The smallest absolute Gasteiger partial charge is 0.222 e. The number of hydrogen-bond acceptors (Lipinski definition) is 4. The van der Waals surface area contributed by atoms with E-state index in [1.807, 2.05) is 18.2 Å². The highest BCUT2D eigenvalue weighted by Crippen LogP contribution is 2.32. The van der Waals surface area contributed by atoms with Crippen molar-refractivity contribution in [3.8, 4) is 0 Å². The van der Waals surface area contributed by atoms with Gasteiger partial charge in [0.2, 0.25) is 5.91 Å². The van der Waals surface area contributed by atoms with Crippen LogP contribution in [0, 0.1) is 11.3 Å². The summed E-state index contributed by atoms with van der Waals surface area (Å²) in [6.45, 7) is 3.85. The minimum atomic E-state index is 0.288. The molecule has 2 aliphatic heterocycles. The molecule has 3 N–H and O–H groups in total. The molecule has 0 atom stereocenters. The van der Waals surface area contributed by atoms with E-state index in [0.717, 1.165) is 63.0 Å². The molecule has 31 heavy (non-hydrogen) atoms. The summed E-state index contributed by atoms with van der Waals surface area (Å²) in [5.74, 6) is 0.918. The Hall–Kier alpha value is -3.08. The van der Waals surface area contributed by atoms with Crippen LogP contribution in [0.4, 0.5) is 5.69 Å². The molecule has 5 heteroatoms. The number of anilines is 1. The van der Waals surface area contributed by atoms with E-state index >= 15 is 0 Å². The number of nitrogens with zero attached hydrogens (tertiary/aromatic N) is 2. The molecular formula is C26H32N4O. The summed E-state index contributed by atoms with van der Waals surface area (Å²) in [5, 5.41) is 7.51. The molecule has 162 valence electrons. The Morgan fingerprint density at radius 3 is 2.58 bits per heavy atom. The molecule has 0 radical (unpaired) electrons. The third kappa shape index (κ3) is 4.98. The number of piperidine rings is 1. The van der Waals surface area contributed by atoms with E-state index in [1.54, 1.807) is 0 Å². The zero-order valence-corrected chi connectivity index (χ0v) is 18.1. The Morgan fingerprint density at radius 1 is 1.10 bits per heavy atom. The summed E-state index contributed by atoms with van der Waals surface area (Å²) in [4.78, 5) is 17.2. The van der Waals surface area contributed by atoms with Crippen molar-refractivity contribution >= 4 is 23.4 Å². The van der Waals surface area contributed by atoms with Gasteiger partial charge in [-0.3, -0.25) is 4.79 Å². The molecule has 0 aromatic heterocycles. The number of aryl methyl sites for hydroxylation is 1. The molecule has 2 heterocycles. The van der Waals surface area contributed by atoms with E-state index < -0.39 is 0 Å². The highest BCUT2D eigenvalue weighted by molar-refractivity contribution is 6.08. The number of rotatable bonds is 7. The summed E-state index contributed by atoms with van der Waals surface area (Å²) in [6, 6.07) is 16.7. The van der Waals surface area contributed by atoms with E-state index in [1.165, 1.54) is 29.2 Å². The molecule has 0 unspecified atom stereocenters. The first kappa shape index (κ1) is 21.2. The van der Waals surface area contributed by atoms with Crippen molar-refractivity contribution in [1.29, 1.82) is 5.41 Å². The molecule has 5 nitrogen and oxygen atoms in total. The second-order valence-corrected chi connectivity index (χ2v) is 8.62. The molecule has 2 aromatic carbocycles. The third-order valence-electron chi connectivity index (χ3n) is 6.66. The monoisotopic (exact) mass is 416 g/mol. The van der Waals surface area contributed by atoms with E-state index in [2.05, 4.69) is 40.1 Å². The molecule has 2 aromatic rings. The van der Waals surface area contributed by atoms with Gasteiger partial charge in [-0.1, -0.05) is 36.4 Å². The van der Waals surface area contributed by atoms with Gasteiger partial charge in [0.05, 0.1) is 0 Å². The Labute approximate surface area is 185 Å². The summed E-state index contributed by atoms with van der Waals surface area (Å²) >= 11 is 0. The molecule has 4 rings (SSSR count). The predicted octanol–water partition coefficient (Wildman–Crippen LogP) is 3.87. The van der Waals surface area contributed by atoms with E-state index in [4.69, 9.17) is 11.1 Å². The average Bonchev–Trinajstić information content (AvgIpc) is 3.21. The second kappa shape index (κ2) is 9.82. The number of carbonyl (C=O) groups excluding carboxylic acids is 1. The van der Waals surface area contributed by atoms with Crippen molar-refractivity contribution in [2.75, 3.05) is 31.1 Å². The van der Waals surface area contributed by atoms with Gasteiger partial charge < -0.3 is 20.9 Å². The Bertz CT molecular complexity index is 945. The van der Waals surface area contributed by atoms with Crippen LogP contribution in [-0.4, -0.2) is 43.2 Å². The second-order valence-electron chi connectivity index (χ2n) is 8.62. The molecule has 0 saturated carbocycles. The van der Waals surface area contributed by atoms with Crippen LogP contribution in [0.25, 0.3) is 5.57 Å². The number of nitrogens with two attached hydrogens (primary N) is 1.